The highest BCUT2D eigenvalue weighted by Gasteiger charge is 2.64. The van der Waals surface area contributed by atoms with Gasteiger partial charge in [-0.25, -0.2) is 4.79 Å². The first-order valence-corrected chi connectivity index (χ1v) is 10.7. The largest absolute Gasteiger partial charge is 0.483 e. The zero-order valence-electron chi connectivity index (χ0n) is 18.5. The third-order valence-electron chi connectivity index (χ3n) is 5.71. The number of para-hydroxylation sites is 2. The van der Waals surface area contributed by atoms with Gasteiger partial charge in [0.2, 0.25) is 0 Å². The first kappa shape index (κ1) is 23.6. The second-order valence-electron chi connectivity index (χ2n) is 7.92. The topological polar surface area (TPSA) is 48.0 Å². The Bertz CT molecular complexity index is 1110. The maximum absolute atomic E-state index is 14.1. The summed E-state index contributed by atoms with van der Waals surface area (Å²) in [5.41, 5.74) is -1.66. The first-order chi connectivity index (χ1) is 16.3. The van der Waals surface area contributed by atoms with E-state index in [1.165, 1.54) is 24.3 Å². The minimum Gasteiger partial charge on any atom is -0.483 e. The second kappa shape index (κ2) is 9.77. The summed E-state index contributed by atoms with van der Waals surface area (Å²) < 4.78 is 58.3. The third kappa shape index (κ3) is 4.59. The minimum absolute atomic E-state index is 0.330. The van der Waals surface area contributed by atoms with Crippen LogP contribution in [0.1, 0.15) is 11.1 Å². The molecule has 0 aliphatic carbocycles. The summed E-state index contributed by atoms with van der Waals surface area (Å²) in [6, 6.07) is 23.9. The van der Waals surface area contributed by atoms with Crippen LogP contribution < -0.4 is 9.64 Å². The molecule has 1 aliphatic rings. The van der Waals surface area contributed by atoms with Crippen molar-refractivity contribution in [2.24, 2.45) is 0 Å². The fourth-order valence-corrected chi connectivity index (χ4v) is 4.08. The molecule has 0 saturated carbocycles. The van der Waals surface area contributed by atoms with Crippen LogP contribution in [0.5, 0.6) is 5.75 Å². The molecule has 2 atom stereocenters. The van der Waals surface area contributed by atoms with Gasteiger partial charge in [-0.15, -0.1) is 0 Å². The predicted molar refractivity (Wildman–Crippen MR) is 120 cm³/mol. The molecule has 0 spiro atoms. The van der Waals surface area contributed by atoms with E-state index in [-0.39, 0.29) is 12.2 Å². The molecule has 5 nitrogen and oxygen atoms in total. The number of hydrogen-bond donors (Lipinski definition) is 0. The summed E-state index contributed by atoms with van der Waals surface area (Å²) in [4.78, 5) is 14.9. The average molecular weight is 471 g/mol. The van der Waals surface area contributed by atoms with Crippen LogP contribution in [0.2, 0.25) is 0 Å². The van der Waals surface area contributed by atoms with Gasteiger partial charge in [0, 0.05) is 19.2 Å². The summed E-state index contributed by atoms with van der Waals surface area (Å²) in [5.74, 6) is -0.964. The Morgan fingerprint density at radius 1 is 0.971 bits per heavy atom. The molecule has 0 N–H and O–H groups in total. The number of hydrogen-bond acceptors (Lipinski definition) is 5. The molecule has 4 rings (SSSR count). The number of alkyl halides is 3. The number of anilines is 1. The Labute approximate surface area is 195 Å². The van der Waals surface area contributed by atoms with Crippen LogP contribution >= 0.6 is 0 Å². The number of carbonyl (C=O) groups excluding carboxylic acids is 1. The minimum atomic E-state index is -5.03. The number of esters is 1. The number of nitrogens with zero attached hydrogens (tertiary/aromatic N) is 1. The lowest BCUT2D eigenvalue weighted by atomic mass is 9.93. The summed E-state index contributed by atoms with van der Waals surface area (Å²) >= 11 is 0. The lowest BCUT2D eigenvalue weighted by Crippen LogP contribution is -2.52. The molecule has 1 heterocycles. The zero-order valence-corrected chi connectivity index (χ0v) is 18.5. The summed E-state index contributed by atoms with van der Waals surface area (Å²) in [6.07, 6.45) is -5.69. The van der Waals surface area contributed by atoms with E-state index in [2.05, 4.69) is 4.90 Å². The maximum atomic E-state index is 14.1. The van der Waals surface area contributed by atoms with Crippen molar-refractivity contribution in [2.75, 3.05) is 25.2 Å². The van der Waals surface area contributed by atoms with Crippen LogP contribution in [0.25, 0.3) is 0 Å². The van der Waals surface area contributed by atoms with Gasteiger partial charge >= 0.3 is 12.1 Å². The SMILES string of the molecule is CO[C@](C(=O)OC[C@H]1CN(Cc2ccccc2)c2ccccc2O1)(c1ccccc1)C(F)(F)F. The Morgan fingerprint density at radius 2 is 1.59 bits per heavy atom. The predicted octanol–water partition coefficient (Wildman–Crippen LogP) is 5.10. The highest BCUT2D eigenvalue weighted by Crippen LogP contribution is 2.43. The highest BCUT2D eigenvalue weighted by molar-refractivity contribution is 5.82. The lowest BCUT2D eigenvalue weighted by molar-refractivity contribution is -0.277. The van der Waals surface area contributed by atoms with E-state index in [1.54, 1.807) is 12.1 Å². The number of rotatable bonds is 7. The van der Waals surface area contributed by atoms with E-state index in [0.29, 0.717) is 18.8 Å². The normalized spacial score (nSPS) is 17.3. The fraction of sp³-hybridized carbons (Fsp3) is 0.269. The molecular formula is C26H24F3NO4. The maximum Gasteiger partial charge on any atom is 0.432 e. The van der Waals surface area contributed by atoms with Crippen LogP contribution in [0.15, 0.2) is 84.9 Å². The second-order valence-corrected chi connectivity index (χ2v) is 7.92. The fourth-order valence-electron chi connectivity index (χ4n) is 4.08. The number of benzene rings is 3. The van der Waals surface area contributed by atoms with Gasteiger partial charge in [0.15, 0.2) is 6.10 Å². The summed E-state index contributed by atoms with van der Waals surface area (Å²) in [5, 5.41) is 0. The van der Waals surface area contributed by atoms with Crippen molar-refractivity contribution in [2.45, 2.75) is 24.4 Å². The molecular weight excluding hydrogens is 447 g/mol. The lowest BCUT2D eigenvalue weighted by Gasteiger charge is -2.37. The molecule has 178 valence electrons. The summed E-state index contributed by atoms with van der Waals surface area (Å²) in [7, 11) is 0.844. The molecule has 0 saturated heterocycles. The zero-order chi connectivity index (χ0) is 24.2. The van der Waals surface area contributed by atoms with E-state index < -0.39 is 23.9 Å². The van der Waals surface area contributed by atoms with Crippen LogP contribution in [-0.4, -0.2) is 38.5 Å². The van der Waals surface area contributed by atoms with Crippen molar-refractivity contribution < 1.29 is 32.2 Å². The quantitative estimate of drug-likeness (QED) is 0.449. The highest BCUT2D eigenvalue weighted by atomic mass is 19.4. The molecule has 3 aromatic carbocycles. The smallest absolute Gasteiger partial charge is 0.432 e. The molecule has 0 fully saturated rings. The monoisotopic (exact) mass is 471 g/mol. The molecule has 34 heavy (non-hydrogen) atoms. The Hall–Kier alpha value is -3.52. The number of halogens is 3. The van der Waals surface area contributed by atoms with Gasteiger partial charge < -0.3 is 19.1 Å². The molecule has 0 amide bonds. The van der Waals surface area contributed by atoms with Crippen molar-refractivity contribution in [3.63, 3.8) is 0 Å². The number of fused-ring (bicyclic) bond motifs is 1. The van der Waals surface area contributed by atoms with Crippen molar-refractivity contribution in [1.29, 1.82) is 0 Å². The third-order valence-corrected chi connectivity index (χ3v) is 5.71. The van der Waals surface area contributed by atoms with E-state index in [9.17, 15) is 18.0 Å². The van der Waals surface area contributed by atoms with Crippen molar-refractivity contribution in [3.8, 4) is 5.75 Å². The van der Waals surface area contributed by atoms with Crippen molar-refractivity contribution in [1.82, 2.24) is 0 Å². The molecule has 0 unspecified atom stereocenters. The van der Waals surface area contributed by atoms with Crippen LogP contribution in [0.4, 0.5) is 18.9 Å². The van der Waals surface area contributed by atoms with E-state index in [1.807, 2.05) is 48.5 Å². The Morgan fingerprint density at radius 3 is 2.24 bits per heavy atom. The van der Waals surface area contributed by atoms with Crippen LogP contribution in [0.3, 0.4) is 0 Å². The Balaban J connectivity index is 1.54. The van der Waals surface area contributed by atoms with Gasteiger partial charge in [-0.2, -0.15) is 13.2 Å². The standard InChI is InChI=1S/C26H24F3NO4/c1-32-25(26(27,28)29,20-12-6-3-7-13-20)24(31)33-18-21-17-30(16-19-10-4-2-5-11-19)22-14-8-9-15-23(22)34-21/h2-15,21H,16-18H2,1H3/t21-,25+/m1/s1. The van der Waals surface area contributed by atoms with Gasteiger partial charge in [-0.05, 0) is 17.7 Å². The number of ether oxygens (including phenoxy) is 3. The van der Waals surface area contributed by atoms with Crippen molar-refractivity contribution >= 4 is 11.7 Å². The van der Waals surface area contributed by atoms with Gasteiger partial charge in [-0.3, -0.25) is 0 Å². The van der Waals surface area contributed by atoms with E-state index >= 15 is 0 Å². The molecule has 3 aromatic rings. The van der Waals surface area contributed by atoms with Crippen LogP contribution in [0, 0.1) is 0 Å². The van der Waals surface area contributed by atoms with Gasteiger partial charge in [0.1, 0.15) is 12.4 Å². The molecule has 1 aliphatic heterocycles. The number of carbonyl (C=O) groups is 1. The van der Waals surface area contributed by atoms with Gasteiger partial charge in [-0.1, -0.05) is 72.8 Å². The van der Waals surface area contributed by atoms with Crippen LogP contribution in [-0.2, 0) is 26.4 Å². The first-order valence-electron chi connectivity index (χ1n) is 10.7. The molecule has 8 heteroatoms. The molecule has 0 bridgehead atoms. The van der Waals surface area contributed by atoms with E-state index in [0.717, 1.165) is 18.4 Å². The van der Waals surface area contributed by atoms with Crippen molar-refractivity contribution in [3.05, 3.63) is 96.1 Å². The molecule has 0 aromatic heterocycles. The summed E-state index contributed by atoms with van der Waals surface area (Å²) in [6.45, 7) is 0.531. The van der Waals surface area contributed by atoms with Gasteiger partial charge in [0.05, 0.1) is 12.2 Å². The van der Waals surface area contributed by atoms with E-state index in [4.69, 9.17) is 14.2 Å². The average Bonchev–Trinajstić information content (AvgIpc) is 2.84. The Kier molecular flexibility index (Phi) is 6.79. The molecule has 0 radical (unpaired) electrons. The van der Waals surface area contributed by atoms with Gasteiger partial charge in [0.25, 0.3) is 5.60 Å². The number of methoxy groups -OCH3 is 1.